The normalized spacial score (nSPS) is 19.0. The molecule has 1 aromatic heterocycles. The number of benzene rings is 1. The van der Waals surface area contributed by atoms with E-state index in [9.17, 15) is 18.0 Å². The fourth-order valence-electron chi connectivity index (χ4n) is 2.61. The van der Waals surface area contributed by atoms with Crippen LogP contribution in [0.15, 0.2) is 42.6 Å². The van der Waals surface area contributed by atoms with E-state index < -0.39 is 18.2 Å². The number of carbonyl (C=O) groups excluding carboxylic acids is 1. The van der Waals surface area contributed by atoms with Crippen molar-refractivity contribution in [2.75, 3.05) is 11.5 Å². The smallest absolute Gasteiger partial charge is 0.416 e. The van der Waals surface area contributed by atoms with Gasteiger partial charge in [0.05, 0.1) is 5.92 Å². The summed E-state index contributed by atoms with van der Waals surface area (Å²) in [5.41, 5.74) is 0.858. The van der Waals surface area contributed by atoms with E-state index in [1.54, 1.807) is 0 Å². The second-order valence-corrected chi connectivity index (χ2v) is 5.85. The van der Waals surface area contributed by atoms with Crippen LogP contribution in [0.25, 0.3) is 0 Å². The van der Waals surface area contributed by atoms with E-state index in [0.29, 0.717) is 0 Å². The molecule has 0 bridgehead atoms. The minimum Gasteiger partial charge on any atom is -0.447 e. The minimum atomic E-state index is -4.32. The van der Waals surface area contributed by atoms with Gasteiger partial charge >= 0.3 is 12.3 Å². The molecule has 25 heavy (non-hydrogen) atoms. The highest BCUT2D eigenvalue weighted by molar-refractivity contribution is 5.89. The number of nitrogens with zero attached hydrogens (tertiary/aromatic N) is 3. The maximum absolute atomic E-state index is 12.7. The molecule has 2 heterocycles. The SMILES string of the molecule is CC(Cc1nccc(N2C(=O)OC[C@@H]2c2ccccc2)n1)C(F)(F)F. The van der Waals surface area contributed by atoms with E-state index in [4.69, 9.17) is 4.74 Å². The summed E-state index contributed by atoms with van der Waals surface area (Å²) in [5.74, 6) is -1.30. The molecular formula is C17H16F3N3O2. The molecule has 0 aliphatic carbocycles. The Morgan fingerprint density at radius 2 is 2.00 bits per heavy atom. The van der Waals surface area contributed by atoms with Crippen molar-refractivity contribution in [3.05, 3.63) is 54.0 Å². The summed E-state index contributed by atoms with van der Waals surface area (Å²) in [7, 11) is 0. The van der Waals surface area contributed by atoms with Gasteiger partial charge in [-0.2, -0.15) is 13.2 Å². The number of halogens is 3. The molecule has 1 unspecified atom stereocenters. The first-order valence-corrected chi connectivity index (χ1v) is 7.76. The van der Waals surface area contributed by atoms with Crippen molar-refractivity contribution in [1.82, 2.24) is 9.97 Å². The maximum atomic E-state index is 12.7. The second kappa shape index (κ2) is 6.70. The number of anilines is 1. The number of carbonyl (C=O) groups is 1. The summed E-state index contributed by atoms with van der Waals surface area (Å²) >= 11 is 0. The Kier molecular flexibility index (Phi) is 4.61. The van der Waals surface area contributed by atoms with Crippen molar-refractivity contribution >= 4 is 11.9 Å². The third-order valence-corrected chi connectivity index (χ3v) is 4.04. The van der Waals surface area contributed by atoms with Gasteiger partial charge in [0.2, 0.25) is 0 Å². The molecule has 1 amide bonds. The molecule has 0 spiro atoms. The number of ether oxygens (including phenoxy) is 1. The van der Waals surface area contributed by atoms with Gasteiger partial charge in [-0.3, -0.25) is 4.90 Å². The summed E-state index contributed by atoms with van der Waals surface area (Å²) in [4.78, 5) is 21.5. The van der Waals surface area contributed by atoms with Gasteiger partial charge in [0.1, 0.15) is 24.3 Å². The predicted molar refractivity (Wildman–Crippen MR) is 84.0 cm³/mol. The molecule has 8 heteroatoms. The summed E-state index contributed by atoms with van der Waals surface area (Å²) in [6, 6.07) is 10.4. The fraction of sp³-hybridized carbons (Fsp3) is 0.353. The zero-order valence-corrected chi connectivity index (χ0v) is 13.4. The van der Waals surface area contributed by atoms with Gasteiger partial charge in [-0.05, 0) is 11.6 Å². The molecule has 3 rings (SSSR count). The van der Waals surface area contributed by atoms with Crippen molar-refractivity contribution < 1.29 is 22.7 Å². The molecule has 2 atom stereocenters. The van der Waals surface area contributed by atoms with Crippen LogP contribution in [0.2, 0.25) is 0 Å². The zero-order valence-electron chi connectivity index (χ0n) is 13.4. The van der Waals surface area contributed by atoms with Crippen LogP contribution in [0, 0.1) is 5.92 Å². The molecule has 132 valence electrons. The van der Waals surface area contributed by atoms with Gasteiger partial charge in [-0.25, -0.2) is 14.8 Å². The van der Waals surface area contributed by atoms with E-state index in [1.807, 2.05) is 30.3 Å². The van der Waals surface area contributed by atoms with Gasteiger partial charge in [-0.1, -0.05) is 37.3 Å². The van der Waals surface area contributed by atoms with E-state index in [-0.39, 0.29) is 30.7 Å². The standard InChI is InChI=1S/C17H16F3N3O2/c1-11(17(18,19)20)9-14-21-8-7-15(22-14)23-13(10-25-16(23)24)12-5-3-2-4-6-12/h2-8,11,13H,9-10H2,1H3/t11?,13-/m1/s1. The van der Waals surface area contributed by atoms with Crippen molar-refractivity contribution in [3.8, 4) is 0 Å². The summed E-state index contributed by atoms with van der Waals surface area (Å²) < 4.78 is 43.3. The molecule has 1 fully saturated rings. The number of hydrogen-bond donors (Lipinski definition) is 0. The largest absolute Gasteiger partial charge is 0.447 e. The number of hydrogen-bond acceptors (Lipinski definition) is 4. The highest BCUT2D eigenvalue weighted by atomic mass is 19.4. The molecule has 0 saturated carbocycles. The van der Waals surface area contributed by atoms with Crippen LogP contribution in [0.1, 0.15) is 24.4 Å². The van der Waals surface area contributed by atoms with Crippen LogP contribution in [0.3, 0.4) is 0 Å². The minimum absolute atomic E-state index is 0.0360. The Labute approximate surface area is 142 Å². The fourth-order valence-corrected chi connectivity index (χ4v) is 2.61. The predicted octanol–water partition coefficient (Wildman–Crippen LogP) is 3.92. The topological polar surface area (TPSA) is 55.3 Å². The van der Waals surface area contributed by atoms with Gasteiger partial charge in [0.25, 0.3) is 0 Å². The van der Waals surface area contributed by atoms with Crippen LogP contribution in [0.5, 0.6) is 0 Å². The van der Waals surface area contributed by atoms with Crippen molar-refractivity contribution in [2.24, 2.45) is 5.92 Å². The molecular weight excluding hydrogens is 335 g/mol. The van der Waals surface area contributed by atoms with Gasteiger partial charge in [0, 0.05) is 12.6 Å². The van der Waals surface area contributed by atoms with E-state index in [0.717, 1.165) is 12.5 Å². The molecule has 0 radical (unpaired) electrons. The monoisotopic (exact) mass is 351 g/mol. The first kappa shape index (κ1) is 17.2. The van der Waals surface area contributed by atoms with Crippen LogP contribution >= 0.6 is 0 Å². The highest BCUT2D eigenvalue weighted by Crippen LogP contribution is 2.32. The highest BCUT2D eigenvalue weighted by Gasteiger charge is 2.38. The lowest BCUT2D eigenvalue weighted by Gasteiger charge is -2.21. The Morgan fingerprint density at radius 3 is 2.68 bits per heavy atom. The van der Waals surface area contributed by atoms with Crippen LogP contribution in [0.4, 0.5) is 23.8 Å². The number of alkyl halides is 3. The second-order valence-electron chi connectivity index (χ2n) is 5.85. The lowest BCUT2D eigenvalue weighted by molar-refractivity contribution is -0.169. The van der Waals surface area contributed by atoms with Crippen LogP contribution in [-0.4, -0.2) is 28.8 Å². The lowest BCUT2D eigenvalue weighted by Crippen LogP contribution is -2.29. The number of aromatic nitrogens is 2. The first-order valence-electron chi connectivity index (χ1n) is 7.76. The van der Waals surface area contributed by atoms with Gasteiger partial charge in [-0.15, -0.1) is 0 Å². The maximum Gasteiger partial charge on any atom is 0.416 e. The first-order chi connectivity index (χ1) is 11.9. The third kappa shape index (κ3) is 3.72. The molecule has 1 aliphatic rings. The Morgan fingerprint density at radius 1 is 1.28 bits per heavy atom. The summed E-state index contributed by atoms with van der Waals surface area (Å²) in [6.45, 7) is 1.23. The van der Waals surface area contributed by atoms with Gasteiger partial charge < -0.3 is 4.74 Å². The molecule has 5 nitrogen and oxygen atoms in total. The van der Waals surface area contributed by atoms with E-state index in [1.165, 1.54) is 17.2 Å². The molecule has 0 N–H and O–H groups in total. The lowest BCUT2D eigenvalue weighted by atomic mass is 10.1. The summed E-state index contributed by atoms with van der Waals surface area (Å²) in [6.07, 6.45) is -3.90. The zero-order chi connectivity index (χ0) is 18.0. The third-order valence-electron chi connectivity index (χ3n) is 4.04. The molecule has 1 aliphatic heterocycles. The van der Waals surface area contributed by atoms with E-state index >= 15 is 0 Å². The number of cyclic esters (lactones) is 1. The van der Waals surface area contributed by atoms with Crippen LogP contribution in [-0.2, 0) is 11.2 Å². The Hall–Kier alpha value is -2.64. The number of rotatable bonds is 4. The molecule has 1 aromatic carbocycles. The number of amides is 1. The quantitative estimate of drug-likeness (QED) is 0.838. The average Bonchev–Trinajstić information content (AvgIpc) is 2.96. The van der Waals surface area contributed by atoms with Crippen molar-refractivity contribution in [3.63, 3.8) is 0 Å². The Balaban J connectivity index is 1.87. The molecule has 2 aromatic rings. The van der Waals surface area contributed by atoms with Crippen molar-refractivity contribution in [1.29, 1.82) is 0 Å². The van der Waals surface area contributed by atoms with Crippen molar-refractivity contribution in [2.45, 2.75) is 25.6 Å². The Bertz CT molecular complexity index is 752. The van der Waals surface area contributed by atoms with Crippen LogP contribution < -0.4 is 4.90 Å². The average molecular weight is 351 g/mol. The van der Waals surface area contributed by atoms with Gasteiger partial charge in [0.15, 0.2) is 0 Å². The van der Waals surface area contributed by atoms with E-state index in [2.05, 4.69) is 9.97 Å². The molecule has 1 saturated heterocycles. The summed E-state index contributed by atoms with van der Waals surface area (Å²) in [5, 5.41) is 0.